The van der Waals surface area contributed by atoms with Crippen LogP contribution in [0.5, 0.6) is 0 Å². The lowest BCUT2D eigenvalue weighted by Gasteiger charge is -2.10. The molecule has 9 heteroatoms. The van der Waals surface area contributed by atoms with Crippen LogP contribution in [0.25, 0.3) is 11.4 Å². The number of aromatic nitrogens is 3. The molecule has 0 amide bonds. The number of halogens is 1. The zero-order valence-electron chi connectivity index (χ0n) is 16.0. The molecule has 29 heavy (non-hydrogen) atoms. The summed E-state index contributed by atoms with van der Waals surface area (Å²) in [5.74, 6) is 0.385. The van der Waals surface area contributed by atoms with Gasteiger partial charge in [0.2, 0.25) is 11.9 Å². The molecule has 0 spiro atoms. The number of hydrogen-bond donors (Lipinski definition) is 3. The molecule has 0 aliphatic heterocycles. The molecule has 8 nitrogen and oxygen atoms in total. The monoisotopic (exact) mass is 412 g/mol. The number of hydrogen-bond acceptors (Lipinski definition) is 8. The molecule has 2 aromatic carbocycles. The largest absolute Gasteiger partial charge is 0.460 e. The number of anilines is 3. The molecule has 1 atom stereocenters. The van der Waals surface area contributed by atoms with Crippen LogP contribution in [-0.2, 0) is 16.1 Å². The Morgan fingerprint density at radius 3 is 2.59 bits per heavy atom. The number of benzene rings is 2. The average Bonchev–Trinajstić information content (AvgIpc) is 2.68. The number of rotatable bonds is 6. The Bertz CT molecular complexity index is 1020. The van der Waals surface area contributed by atoms with E-state index in [4.69, 9.17) is 27.8 Å². The Hall–Kier alpha value is -3.23. The van der Waals surface area contributed by atoms with Crippen molar-refractivity contribution in [3.05, 3.63) is 58.6 Å². The topological polar surface area (TPSA) is 129 Å². The van der Waals surface area contributed by atoms with Crippen molar-refractivity contribution < 1.29 is 9.53 Å². The van der Waals surface area contributed by atoms with Gasteiger partial charge in [0.05, 0.1) is 0 Å². The van der Waals surface area contributed by atoms with Crippen molar-refractivity contribution in [1.29, 1.82) is 0 Å². The van der Waals surface area contributed by atoms with Crippen LogP contribution in [0.15, 0.2) is 42.5 Å². The summed E-state index contributed by atoms with van der Waals surface area (Å²) >= 11 is 6.10. The van der Waals surface area contributed by atoms with Crippen molar-refractivity contribution in [3.63, 3.8) is 0 Å². The van der Waals surface area contributed by atoms with Crippen LogP contribution < -0.4 is 16.8 Å². The second kappa shape index (κ2) is 8.85. The highest BCUT2D eigenvalue weighted by Gasteiger charge is 2.11. The normalized spacial score (nSPS) is 11.7. The van der Waals surface area contributed by atoms with Gasteiger partial charge in [-0.2, -0.15) is 15.0 Å². The molecule has 1 heterocycles. The predicted molar refractivity (Wildman–Crippen MR) is 113 cm³/mol. The van der Waals surface area contributed by atoms with Crippen molar-refractivity contribution in [2.45, 2.75) is 26.5 Å². The molecule has 0 aliphatic carbocycles. The Morgan fingerprint density at radius 2 is 1.90 bits per heavy atom. The first kappa shape index (κ1) is 20.5. The second-order valence-electron chi connectivity index (χ2n) is 6.52. The lowest BCUT2D eigenvalue weighted by molar-refractivity contribution is -0.146. The van der Waals surface area contributed by atoms with E-state index in [0.717, 1.165) is 22.4 Å². The summed E-state index contributed by atoms with van der Waals surface area (Å²) in [7, 11) is 0. The highest BCUT2D eigenvalue weighted by Crippen LogP contribution is 2.25. The molecular weight excluding hydrogens is 392 g/mol. The zero-order valence-corrected chi connectivity index (χ0v) is 16.8. The Labute approximate surface area is 173 Å². The first-order valence-electron chi connectivity index (χ1n) is 8.88. The van der Waals surface area contributed by atoms with Gasteiger partial charge in [0.25, 0.3) is 0 Å². The molecule has 0 saturated heterocycles. The molecule has 150 valence electrons. The van der Waals surface area contributed by atoms with Gasteiger partial charge < -0.3 is 21.5 Å². The van der Waals surface area contributed by atoms with Crippen LogP contribution in [0.4, 0.5) is 17.6 Å². The number of esters is 1. The Morgan fingerprint density at radius 1 is 1.17 bits per heavy atom. The van der Waals surface area contributed by atoms with Crippen LogP contribution in [0.3, 0.4) is 0 Å². The molecular formula is C20H21ClN6O2. The summed E-state index contributed by atoms with van der Waals surface area (Å²) in [5.41, 5.74) is 14.7. The number of carbonyl (C=O) groups is 1. The molecule has 0 bridgehead atoms. The average molecular weight is 413 g/mol. The van der Waals surface area contributed by atoms with Crippen molar-refractivity contribution >= 4 is 35.2 Å². The minimum Gasteiger partial charge on any atom is -0.460 e. The minimum absolute atomic E-state index is 0.0938. The van der Waals surface area contributed by atoms with Gasteiger partial charge in [-0.3, -0.25) is 4.79 Å². The number of nitrogens with zero attached hydrogens (tertiary/aromatic N) is 3. The third kappa shape index (κ3) is 5.40. The maximum atomic E-state index is 11.4. The highest BCUT2D eigenvalue weighted by molar-refractivity contribution is 6.30. The van der Waals surface area contributed by atoms with Gasteiger partial charge in [0.15, 0.2) is 5.82 Å². The molecule has 0 saturated carbocycles. The van der Waals surface area contributed by atoms with Gasteiger partial charge in [-0.25, -0.2) is 0 Å². The third-order valence-electron chi connectivity index (χ3n) is 4.06. The maximum Gasteiger partial charge on any atom is 0.322 e. The standard InChI is InChI=1S/C20H21ClN6O2/c1-11-3-6-14(21)9-16(11)17-25-19(23)27-20(26-17)24-15-7-4-13(5-8-15)10-29-18(28)12(2)22/h3-9,12H,10,22H2,1-2H3,(H3,23,24,25,26,27)/t12-/m0/s1. The first-order chi connectivity index (χ1) is 13.8. The van der Waals surface area contributed by atoms with E-state index in [-0.39, 0.29) is 12.6 Å². The molecule has 0 radical (unpaired) electrons. The Balaban J connectivity index is 1.76. The van der Waals surface area contributed by atoms with E-state index in [2.05, 4.69) is 20.3 Å². The van der Waals surface area contributed by atoms with E-state index in [0.29, 0.717) is 16.8 Å². The van der Waals surface area contributed by atoms with Crippen LogP contribution in [0, 0.1) is 6.92 Å². The lowest BCUT2D eigenvalue weighted by atomic mass is 10.1. The van der Waals surface area contributed by atoms with Gasteiger partial charge in [-0.05, 0) is 49.2 Å². The van der Waals surface area contributed by atoms with Gasteiger partial charge in [-0.1, -0.05) is 29.8 Å². The summed E-state index contributed by atoms with van der Waals surface area (Å²) < 4.78 is 5.10. The number of nitrogens with one attached hydrogen (secondary N) is 1. The van der Waals surface area contributed by atoms with E-state index < -0.39 is 12.0 Å². The molecule has 3 rings (SSSR count). The van der Waals surface area contributed by atoms with Crippen molar-refractivity contribution in [3.8, 4) is 11.4 Å². The van der Waals surface area contributed by atoms with Gasteiger partial charge in [0, 0.05) is 16.3 Å². The molecule has 1 aromatic heterocycles. The van der Waals surface area contributed by atoms with Gasteiger partial charge in [0.1, 0.15) is 12.6 Å². The van der Waals surface area contributed by atoms with E-state index in [1.54, 1.807) is 19.1 Å². The highest BCUT2D eigenvalue weighted by atomic mass is 35.5. The number of nitrogens with two attached hydrogens (primary N) is 2. The number of carbonyl (C=O) groups excluding carboxylic acids is 1. The molecule has 3 aromatic rings. The second-order valence-corrected chi connectivity index (χ2v) is 6.95. The van der Waals surface area contributed by atoms with Gasteiger partial charge >= 0.3 is 5.97 Å². The predicted octanol–water partition coefficient (Wildman–Crippen LogP) is 3.22. The quantitative estimate of drug-likeness (QED) is 0.526. The Kier molecular flexibility index (Phi) is 6.26. The van der Waals surface area contributed by atoms with Crippen LogP contribution >= 0.6 is 11.6 Å². The van der Waals surface area contributed by atoms with Crippen LogP contribution in [0.2, 0.25) is 5.02 Å². The smallest absolute Gasteiger partial charge is 0.322 e. The van der Waals surface area contributed by atoms with Crippen LogP contribution in [0.1, 0.15) is 18.1 Å². The number of ether oxygens (including phenoxy) is 1. The van der Waals surface area contributed by atoms with Gasteiger partial charge in [-0.15, -0.1) is 0 Å². The first-order valence-corrected chi connectivity index (χ1v) is 9.26. The number of aryl methyl sites for hydroxylation is 1. The van der Waals surface area contributed by atoms with E-state index in [1.807, 2.05) is 37.3 Å². The summed E-state index contributed by atoms with van der Waals surface area (Å²) in [6, 6.07) is 12.1. The number of nitrogen functional groups attached to an aromatic ring is 1. The molecule has 0 aliphatic rings. The van der Waals surface area contributed by atoms with Crippen LogP contribution in [-0.4, -0.2) is 27.0 Å². The van der Waals surface area contributed by atoms with Crippen molar-refractivity contribution in [1.82, 2.24) is 15.0 Å². The zero-order chi connectivity index (χ0) is 21.0. The maximum absolute atomic E-state index is 11.4. The third-order valence-corrected chi connectivity index (χ3v) is 4.29. The molecule has 0 unspecified atom stereocenters. The minimum atomic E-state index is -0.650. The fraction of sp³-hybridized carbons (Fsp3) is 0.200. The summed E-state index contributed by atoms with van der Waals surface area (Å²) in [6.07, 6.45) is 0. The fourth-order valence-electron chi connectivity index (χ4n) is 2.50. The molecule has 0 fully saturated rings. The van der Waals surface area contributed by atoms with Crippen molar-refractivity contribution in [2.24, 2.45) is 5.73 Å². The van der Waals surface area contributed by atoms with E-state index >= 15 is 0 Å². The summed E-state index contributed by atoms with van der Waals surface area (Å²) in [4.78, 5) is 24.2. The van der Waals surface area contributed by atoms with E-state index in [1.165, 1.54) is 0 Å². The SMILES string of the molecule is Cc1ccc(Cl)cc1-c1nc(N)nc(Nc2ccc(COC(=O)[C@H](C)N)cc2)n1. The lowest BCUT2D eigenvalue weighted by Crippen LogP contribution is -2.28. The summed E-state index contributed by atoms with van der Waals surface area (Å²) in [6.45, 7) is 3.67. The summed E-state index contributed by atoms with van der Waals surface area (Å²) in [5, 5.41) is 3.68. The fourth-order valence-corrected chi connectivity index (χ4v) is 2.68. The molecule has 5 N–H and O–H groups in total. The van der Waals surface area contributed by atoms with E-state index in [9.17, 15) is 4.79 Å². The van der Waals surface area contributed by atoms with Crippen molar-refractivity contribution in [2.75, 3.05) is 11.1 Å².